The predicted octanol–water partition coefficient (Wildman–Crippen LogP) is 4.50. The smallest absolute Gasteiger partial charge is 0.306 e. The summed E-state index contributed by atoms with van der Waals surface area (Å²) in [7, 11) is 0. The van der Waals surface area contributed by atoms with Gasteiger partial charge in [0.05, 0.1) is 12.1 Å². The van der Waals surface area contributed by atoms with Gasteiger partial charge in [-0.25, -0.2) is 4.98 Å². The van der Waals surface area contributed by atoms with E-state index in [2.05, 4.69) is 20.9 Å². The minimum Gasteiger partial charge on any atom is -0.459 e. The average Bonchev–Trinajstić information content (AvgIpc) is 2.93. The lowest BCUT2D eigenvalue weighted by Crippen LogP contribution is -2.53. The Kier molecular flexibility index (Phi) is 3.53. The van der Waals surface area contributed by atoms with Gasteiger partial charge < -0.3 is 9.14 Å². The summed E-state index contributed by atoms with van der Waals surface area (Å²) in [5.41, 5.74) is 1.86. The topological polar surface area (TPSA) is 43.6 Å². The maximum absolute atomic E-state index is 12.5. The molecule has 4 bridgehead atoms. The highest BCUT2D eigenvalue weighted by molar-refractivity contribution is 9.10. The average molecular weight is 403 g/mol. The Hall–Kier alpha value is -1.36. The van der Waals surface area contributed by atoms with E-state index in [4.69, 9.17) is 4.74 Å². The van der Waals surface area contributed by atoms with Crippen LogP contribution in [0, 0.1) is 17.3 Å². The van der Waals surface area contributed by atoms with Crippen molar-refractivity contribution in [2.45, 2.75) is 55.9 Å². The Morgan fingerprint density at radius 2 is 2.08 bits per heavy atom. The molecule has 0 aromatic carbocycles. The Morgan fingerprint density at radius 1 is 1.28 bits per heavy atom. The van der Waals surface area contributed by atoms with E-state index in [1.807, 2.05) is 35.0 Å². The third kappa shape index (κ3) is 2.90. The third-order valence-corrected chi connectivity index (χ3v) is 7.35. The van der Waals surface area contributed by atoms with Crippen LogP contribution >= 0.6 is 15.9 Å². The molecule has 2 heterocycles. The molecule has 132 valence electrons. The van der Waals surface area contributed by atoms with Crippen molar-refractivity contribution in [2.24, 2.45) is 17.3 Å². The molecule has 6 rings (SSSR count). The fraction of sp³-hybridized carbons (Fsp3) is 0.600. The highest BCUT2D eigenvalue weighted by Gasteiger charge is 2.57. The first kappa shape index (κ1) is 15.9. The first-order valence-corrected chi connectivity index (χ1v) is 10.1. The summed E-state index contributed by atoms with van der Waals surface area (Å²) < 4.78 is 7.85. The van der Waals surface area contributed by atoms with Crippen LogP contribution in [-0.4, -0.2) is 19.7 Å². The quantitative estimate of drug-likeness (QED) is 0.558. The maximum atomic E-state index is 12.5. The molecule has 0 spiro atoms. The molecule has 0 radical (unpaired) electrons. The fourth-order valence-corrected chi connectivity index (χ4v) is 7.62. The number of esters is 1. The Labute approximate surface area is 156 Å². The van der Waals surface area contributed by atoms with Gasteiger partial charge in [0.2, 0.25) is 0 Å². The van der Waals surface area contributed by atoms with E-state index in [0.717, 1.165) is 29.6 Å². The SMILES string of the molecule is O=C(CC12C[C@@H]3C[C@@H](CC(Br)(C3)C1)C2)OCc1cn2ccccc2n1. The number of ether oxygens (including phenoxy) is 1. The van der Waals surface area contributed by atoms with Gasteiger partial charge in [-0.05, 0) is 67.9 Å². The molecule has 25 heavy (non-hydrogen) atoms. The lowest BCUT2D eigenvalue weighted by Gasteiger charge is -2.60. The van der Waals surface area contributed by atoms with E-state index in [9.17, 15) is 4.79 Å². The number of hydrogen-bond donors (Lipinski definition) is 0. The van der Waals surface area contributed by atoms with Crippen molar-refractivity contribution < 1.29 is 9.53 Å². The molecule has 2 aromatic heterocycles. The van der Waals surface area contributed by atoms with Crippen LogP contribution in [0.4, 0.5) is 0 Å². The minimum atomic E-state index is -0.0601. The number of aromatic nitrogens is 2. The Morgan fingerprint density at radius 3 is 2.80 bits per heavy atom. The van der Waals surface area contributed by atoms with Gasteiger partial charge in [-0.3, -0.25) is 4.79 Å². The summed E-state index contributed by atoms with van der Waals surface area (Å²) in [6, 6.07) is 5.88. The molecule has 2 aromatic rings. The van der Waals surface area contributed by atoms with Crippen LogP contribution in [0.5, 0.6) is 0 Å². The molecule has 0 saturated heterocycles. The molecule has 0 amide bonds. The van der Waals surface area contributed by atoms with Gasteiger partial charge in [-0.2, -0.15) is 0 Å². The molecule has 5 heteroatoms. The van der Waals surface area contributed by atoms with Crippen LogP contribution in [0.1, 0.15) is 50.6 Å². The second-order valence-corrected chi connectivity index (χ2v) is 10.3. The molecule has 4 aliphatic rings. The van der Waals surface area contributed by atoms with E-state index in [-0.39, 0.29) is 18.0 Å². The Bertz CT molecular complexity index is 783. The zero-order valence-electron chi connectivity index (χ0n) is 14.3. The van der Waals surface area contributed by atoms with Crippen LogP contribution in [-0.2, 0) is 16.1 Å². The monoisotopic (exact) mass is 402 g/mol. The number of rotatable bonds is 4. The standard InChI is InChI=1S/C20H23BrN2O2/c21-20-8-14-5-15(9-20)7-19(6-14,13-20)10-18(24)25-12-16-11-23-4-2-1-3-17(23)22-16/h1-4,11,14-15H,5-10,12-13H2/t14-,15+,19?,20?. The Balaban J connectivity index is 1.25. The zero-order chi connectivity index (χ0) is 17.1. The van der Waals surface area contributed by atoms with E-state index >= 15 is 0 Å². The number of halogens is 1. The number of alkyl halides is 1. The highest BCUT2D eigenvalue weighted by Crippen LogP contribution is 2.65. The molecule has 0 N–H and O–H groups in total. The molecule has 4 fully saturated rings. The van der Waals surface area contributed by atoms with Gasteiger partial charge in [0, 0.05) is 16.7 Å². The third-order valence-electron chi connectivity index (χ3n) is 6.43. The molecule has 4 atom stereocenters. The molecule has 4 aliphatic carbocycles. The van der Waals surface area contributed by atoms with E-state index in [1.54, 1.807) is 0 Å². The van der Waals surface area contributed by atoms with Gasteiger partial charge in [0.1, 0.15) is 12.3 Å². The summed E-state index contributed by atoms with van der Waals surface area (Å²) in [4.78, 5) is 17.0. The summed E-state index contributed by atoms with van der Waals surface area (Å²) in [6.07, 6.45) is 12.0. The molecular weight excluding hydrogens is 380 g/mol. The number of carbonyl (C=O) groups is 1. The van der Waals surface area contributed by atoms with Crippen LogP contribution in [0.25, 0.3) is 5.65 Å². The number of imidazole rings is 1. The van der Waals surface area contributed by atoms with Crippen molar-refractivity contribution in [1.29, 1.82) is 0 Å². The van der Waals surface area contributed by atoms with Gasteiger partial charge >= 0.3 is 5.97 Å². The second-order valence-electron chi connectivity index (χ2n) is 8.65. The number of carbonyl (C=O) groups excluding carboxylic acids is 1. The summed E-state index contributed by atoms with van der Waals surface area (Å²) in [6.45, 7) is 0.267. The van der Waals surface area contributed by atoms with Crippen molar-refractivity contribution >= 4 is 27.5 Å². The van der Waals surface area contributed by atoms with Crippen molar-refractivity contribution in [3.05, 3.63) is 36.3 Å². The molecule has 2 unspecified atom stereocenters. The van der Waals surface area contributed by atoms with Crippen molar-refractivity contribution in [1.82, 2.24) is 9.38 Å². The van der Waals surface area contributed by atoms with Crippen LogP contribution in [0.2, 0.25) is 0 Å². The second kappa shape index (κ2) is 5.57. The van der Waals surface area contributed by atoms with Crippen LogP contribution < -0.4 is 0 Å². The molecular formula is C20H23BrN2O2. The lowest BCUT2D eigenvalue weighted by atomic mass is 9.49. The fourth-order valence-electron chi connectivity index (χ4n) is 6.11. The summed E-state index contributed by atoms with van der Waals surface area (Å²) in [5.74, 6) is 1.54. The number of pyridine rings is 1. The largest absolute Gasteiger partial charge is 0.459 e. The van der Waals surface area contributed by atoms with Crippen molar-refractivity contribution in [2.75, 3.05) is 0 Å². The first-order valence-electron chi connectivity index (χ1n) is 9.28. The van der Waals surface area contributed by atoms with Gasteiger partial charge in [0.15, 0.2) is 0 Å². The normalized spacial score (nSPS) is 36.0. The lowest BCUT2D eigenvalue weighted by molar-refractivity contribution is -0.152. The van der Waals surface area contributed by atoms with E-state index in [1.165, 1.54) is 32.1 Å². The van der Waals surface area contributed by atoms with Crippen LogP contribution in [0.3, 0.4) is 0 Å². The maximum Gasteiger partial charge on any atom is 0.306 e. The van der Waals surface area contributed by atoms with Gasteiger partial charge in [0.25, 0.3) is 0 Å². The number of nitrogens with zero attached hydrogens (tertiary/aromatic N) is 2. The minimum absolute atomic E-state index is 0.0601. The van der Waals surface area contributed by atoms with E-state index < -0.39 is 0 Å². The van der Waals surface area contributed by atoms with Crippen molar-refractivity contribution in [3.8, 4) is 0 Å². The summed E-state index contributed by atoms with van der Waals surface area (Å²) in [5, 5.41) is 0. The van der Waals surface area contributed by atoms with Gasteiger partial charge in [-0.15, -0.1) is 0 Å². The first-order chi connectivity index (χ1) is 12.0. The molecule has 0 aliphatic heterocycles. The molecule has 4 saturated carbocycles. The number of hydrogen-bond acceptors (Lipinski definition) is 3. The van der Waals surface area contributed by atoms with Gasteiger partial charge in [-0.1, -0.05) is 22.0 Å². The summed E-state index contributed by atoms with van der Waals surface area (Å²) >= 11 is 4.01. The van der Waals surface area contributed by atoms with Crippen molar-refractivity contribution in [3.63, 3.8) is 0 Å². The van der Waals surface area contributed by atoms with Crippen LogP contribution in [0.15, 0.2) is 30.6 Å². The predicted molar refractivity (Wildman–Crippen MR) is 98.4 cm³/mol. The highest BCUT2D eigenvalue weighted by atomic mass is 79.9. The number of fused-ring (bicyclic) bond motifs is 1. The van der Waals surface area contributed by atoms with E-state index in [0.29, 0.717) is 10.7 Å². The zero-order valence-corrected chi connectivity index (χ0v) is 15.9. The molecule has 4 nitrogen and oxygen atoms in total.